The van der Waals surface area contributed by atoms with E-state index < -0.39 is 0 Å². The van der Waals surface area contributed by atoms with Crippen molar-refractivity contribution >= 4 is 11.0 Å². The number of rotatable bonds is 2. The number of para-hydroxylation sites is 2. The summed E-state index contributed by atoms with van der Waals surface area (Å²) in [5.74, 6) is 2.61. The van der Waals surface area contributed by atoms with Gasteiger partial charge < -0.3 is 14.0 Å². The van der Waals surface area contributed by atoms with Crippen molar-refractivity contribution in [1.29, 1.82) is 0 Å². The van der Waals surface area contributed by atoms with Crippen LogP contribution in [0.5, 0.6) is 11.5 Å². The maximum atomic E-state index is 5.61. The highest BCUT2D eigenvalue weighted by molar-refractivity contribution is 5.83. The molecular weight excluding hydrogens is 276 g/mol. The van der Waals surface area contributed by atoms with E-state index in [4.69, 9.17) is 14.5 Å². The first-order valence-corrected chi connectivity index (χ1v) is 7.45. The highest BCUT2D eigenvalue weighted by atomic mass is 16.5. The van der Waals surface area contributed by atoms with E-state index in [0.29, 0.717) is 6.04 Å². The second-order valence-electron chi connectivity index (χ2n) is 5.67. The predicted molar refractivity (Wildman–Crippen MR) is 86.7 cm³/mol. The van der Waals surface area contributed by atoms with E-state index in [-0.39, 0.29) is 0 Å². The molecule has 3 aromatic rings. The third-order valence-electron chi connectivity index (χ3n) is 4.43. The topological polar surface area (TPSA) is 36.3 Å². The Bertz CT molecular complexity index is 867. The zero-order chi connectivity index (χ0) is 15.3. The number of aromatic nitrogens is 2. The normalized spacial score (nSPS) is 16.2. The van der Waals surface area contributed by atoms with Gasteiger partial charge in [0.15, 0.2) is 11.5 Å². The molecule has 0 bridgehead atoms. The number of nitrogens with zero attached hydrogens (tertiary/aromatic N) is 2. The molecule has 0 amide bonds. The van der Waals surface area contributed by atoms with Gasteiger partial charge in [0, 0.05) is 17.2 Å². The summed E-state index contributed by atoms with van der Waals surface area (Å²) in [5.41, 5.74) is 4.53. The molecule has 112 valence electrons. The van der Waals surface area contributed by atoms with Crippen molar-refractivity contribution in [2.45, 2.75) is 19.4 Å². The number of benzene rings is 2. The Morgan fingerprint density at radius 2 is 1.91 bits per heavy atom. The predicted octanol–water partition coefficient (Wildman–Crippen LogP) is 3.84. The molecule has 0 spiro atoms. The van der Waals surface area contributed by atoms with Crippen LogP contribution in [0.3, 0.4) is 0 Å². The van der Waals surface area contributed by atoms with Crippen LogP contribution in [0.15, 0.2) is 36.4 Å². The zero-order valence-electron chi connectivity index (χ0n) is 13.0. The SMILES string of the molecule is COc1ccc2c(c1OC)CC(C)n1c-2nc2ccccc21. The van der Waals surface area contributed by atoms with Crippen LogP contribution in [-0.2, 0) is 6.42 Å². The van der Waals surface area contributed by atoms with Crippen LogP contribution in [0.25, 0.3) is 22.4 Å². The second-order valence-corrected chi connectivity index (χ2v) is 5.67. The molecule has 0 N–H and O–H groups in total. The zero-order valence-corrected chi connectivity index (χ0v) is 13.0. The van der Waals surface area contributed by atoms with Gasteiger partial charge in [0.25, 0.3) is 0 Å². The summed E-state index contributed by atoms with van der Waals surface area (Å²) in [6.07, 6.45) is 0.906. The molecule has 4 rings (SSSR count). The number of methoxy groups -OCH3 is 2. The first-order chi connectivity index (χ1) is 10.7. The van der Waals surface area contributed by atoms with Gasteiger partial charge in [-0.1, -0.05) is 12.1 Å². The Hall–Kier alpha value is -2.49. The quantitative estimate of drug-likeness (QED) is 0.720. The molecule has 2 heterocycles. The number of fused-ring (bicyclic) bond motifs is 5. The molecule has 1 atom stereocenters. The highest BCUT2D eigenvalue weighted by Crippen LogP contribution is 2.44. The summed E-state index contributed by atoms with van der Waals surface area (Å²) < 4.78 is 13.4. The van der Waals surface area contributed by atoms with E-state index in [1.165, 1.54) is 11.1 Å². The van der Waals surface area contributed by atoms with Crippen molar-refractivity contribution in [3.8, 4) is 22.9 Å². The lowest BCUT2D eigenvalue weighted by Gasteiger charge is -2.27. The standard InChI is InChI=1S/C18H18N2O2/c1-11-10-13-12(8-9-16(21-2)17(13)22-3)18-19-14-6-4-5-7-15(14)20(11)18/h4-9,11H,10H2,1-3H3. The average molecular weight is 294 g/mol. The molecule has 4 nitrogen and oxygen atoms in total. The largest absolute Gasteiger partial charge is 0.493 e. The minimum absolute atomic E-state index is 0.330. The summed E-state index contributed by atoms with van der Waals surface area (Å²) in [5, 5.41) is 0. The molecule has 0 saturated carbocycles. The Kier molecular flexibility index (Phi) is 2.86. The van der Waals surface area contributed by atoms with Gasteiger partial charge in [-0.05, 0) is 37.6 Å². The Morgan fingerprint density at radius 1 is 1.09 bits per heavy atom. The summed E-state index contributed by atoms with van der Waals surface area (Å²) in [7, 11) is 3.37. The number of hydrogen-bond acceptors (Lipinski definition) is 3. The van der Waals surface area contributed by atoms with Crippen molar-refractivity contribution in [1.82, 2.24) is 9.55 Å². The van der Waals surface area contributed by atoms with E-state index in [1.54, 1.807) is 14.2 Å². The molecule has 22 heavy (non-hydrogen) atoms. The highest BCUT2D eigenvalue weighted by Gasteiger charge is 2.28. The lowest BCUT2D eigenvalue weighted by Crippen LogP contribution is -2.17. The molecule has 0 radical (unpaired) electrons. The number of ether oxygens (including phenoxy) is 2. The van der Waals surface area contributed by atoms with Gasteiger partial charge in [0.2, 0.25) is 0 Å². The Balaban J connectivity index is 2.05. The van der Waals surface area contributed by atoms with Crippen LogP contribution in [0.2, 0.25) is 0 Å². The molecule has 1 aliphatic heterocycles. The fourth-order valence-electron chi connectivity index (χ4n) is 3.47. The fourth-order valence-corrected chi connectivity index (χ4v) is 3.47. The second kappa shape index (κ2) is 4.77. The minimum Gasteiger partial charge on any atom is -0.493 e. The third kappa shape index (κ3) is 1.67. The van der Waals surface area contributed by atoms with Crippen LogP contribution in [0.4, 0.5) is 0 Å². The van der Waals surface area contributed by atoms with Crippen molar-refractivity contribution in [3.63, 3.8) is 0 Å². The van der Waals surface area contributed by atoms with Crippen molar-refractivity contribution in [3.05, 3.63) is 42.0 Å². The van der Waals surface area contributed by atoms with Crippen LogP contribution >= 0.6 is 0 Å². The monoisotopic (exact) mass is 294 g/mol. The minimum atomic E-state index is 0.330. The fraction of sp³-hybridized carbons (Fsp3) is 0.278. The summed E-state index contributed by atoms with van der Waals surface area (Å²) in [4.78, 5) is 4.84. The molecule has 0 fully saturated rings. The Morgan fingerprint density at radius 3 is 2.68 bits per heavy atom. The third-order valence-corrected chi connectivity index (χ3v) is 4.43. The molecule has 0 aliphatic carbocycles. The van der Waals surface area contributed by atoms with E-state index in [2.05, 4.69) is 35.8 Å². The van der Waals surface area contributed by atoms with Crippen LogP contribution in [0, 0.1) is 0 Å². The maximum Gasteiger partial charge on any atom is 0.164 e. The number of hydrogen-bond donors (Lipinski definition) is 0. The van der Waals surface area contributed by atoms with Crippen LogP contribution < -0.4 is 9.47 Å². The van der Waals surface area contributed by atoms with Gasteiger partial charge in [-0.2, -0.15) is 0 Å². The van der Waals surface area contributed by atoms with E-state index >= 15 is 0 Å². The first kappa shape index (κ1) is 13.2. The lowest BCUT2D eigenvalue weighted by atomic mass is 9.94. The molecular formula is C18H18N2O2. The summed E-state index contributed by atoms with van der Waals surface area (Å²) >= 11 is 0. The first-order valence-electron chi connectivity index (χ1n) is 7.45. The van der Waals surface area contributed by atoms with Gasteiger partial charge in [-0.15, -0.1) is 0 Å². The Labute approximate surface area is 129 Å². The van der Waals surface area contributed by atoms with E-state index in [9.17, 15) is 0 Å². The van der Waals surface area contributed by atoms with E-state index in [1.807, 2.05) is 12.1 Å². The van der Waals surface area contributed by atoms with Crippen molar-refractivity contribution in [2.75, 3.05) is 14.2 Å². The summed E-state index contributed by atoms with van der Waals surface area (Å²) in [6.45, 7) is 2.22. The van der Waals surface area contributed by atoms with Crippen LogP contribution in [-0.4, -0.2) is 23.8 Å². The summed E-state index contributed by atoms with van der Waals surface area (Å²) in [6, 6.07) is 12.7. The van der Waals surface area contributed by atoms with Gasteiger partial charge in [-0.3, -0.25) is 0 Å². The molecule has 1 aliphatic rings. The van der Waals surface area contributed by atoms with Crippen LogP contribution in [0.1, 0.15) is 18.5 Å². The van der Waals surface area contributed by atoms with Gasteiger partial charge in [-0.25, -0.2) is 4.98 Å². The van der Waals surface area contributed by atoms with Crippen molar-refractivity contribution < 1.29 is 9.47 Å². The van der Waals surface area contributed by atoms with E-state index in [0.717, 1.165) is 34.8 Å². The molecule has 4 heteroatoms. The molecule has 1 unspecified atom stereocenters. The number of imidazole rings is 1. The average Bonchev–Trinajstić information content (AvgIpc) is 2.94. The maximum absolute atomic E-state index is 5.61. The van der Waals surface area contributed by atoms with Gasteiger partial charge >= 0.3 is 0 Å². The molecule has 0 saturated heterocycles. The molecule has 1 aromatic heterocycles. The van der Waals surface area contributed by atoms with Gasteiger partial charge in [0.05, 0.1) is 25.3 Å². The molecule has 2 aromatic carbocycles. The smallest absolute Gasteiger partial charge is 0.164 e. The van der Waals surface area contributed by atoms with Gasteiger partial charge in [0.1, 0.15) is 5.82 Å². The lowest BCUT2D eigenvalue weighted by molar-refractivity contribution is 0.349. The van der Waals surface area contributed by atoms with Crippen molar-refractivity contribution in [2.24, 2.45) is 0 Å².